The van der Waals surface area contributed by atoms with Crippen LogP contribution in [0.1, 0.15) is 18.4 Å². The standard InChI is InChI=1S/C12H12ClNO/c13-10-3-1-9(2-4-10)12-5-8(6-12)11(15)14-7-12/h1-4,8H,5-7H2,(H,14,15). The quantitative estimate of drug-likeness (QED) is 0.774. The zero-order valence-corrected chi connectivity index (χ0v) is 9.05. The summed E-state index contributed by atoms with van der Waals surface area (Å²) in [6.07, 6.45) is 2.00. The number of amides is 1. The van der Waals surface area contributed by atoms with E-state index in [4.69, 9.17) is 11.6 Å². The molecule has 0 radical (unpaired) electrons. The Kier molecular flexibility index (Phi) is 1.84. The summed E-state index contributed by atoms with van der Waals surface area (Å²) in [6, 6.07) is 8.01. The smallest absolute Gasteiger partial charge is 0.223 e. The molecule has 0 aromatic heterocycles. The highest BCUT2D eigenvalue weighted by atomic mass is 35.5. The summed E-state index contributed by atoms with van der Waals surface area (Å²) in [7, 11) is 0. The maximum absolute atomic E-state index is 11.3. The second-order valence-corrected chi connectivity index (χ2v) is 5.05. The molecular formula is C12H12ClNO. The predicted octanol–water partition coefficient (Wildman–Crippen LogP) is 2.12. The maximum atomic E-state index is 11.3. The highest BCUT2D eigenvalue weighted by molar-refractivity contribution is 6.30. The molecule has 1 aliphatic carbocycles. The molecular weight excluding hydrogens is 210 g/mol. The van der Waals surface area contributed by atoms with E-state index in [0.29, 0.717) is 0 Å². The van der Waals surface area contributed by atoms with Crippen molar-refractivity contribution in [2.75, 3.05) is 6.54 Å². The number of nitrogens with one attached hydrogen (secondary N) is 1. The lowest BCUT2D eigenvalue weighted by Gasteiger charge is -2.52. The van der Waals surface area contributed by atoms with Crippen molar-refractivity contribution in [3.63, 3.8) is 0 Å². The van der Waals surface area contributed by atoms with Gasteiger partial charge in [0.2, 0.25) is 5.91 Å². The van der Waals surface area contributed by atoms with Crippen LogP contribution in [0.5, 0.6) is 0 Å². The van der Waals surface area contributed by atoms with Crippen LogP contribution in [0.2, 0.25) is 5.02 Å². The first-order valence-corrected chi connectivity index (χ1v) is 5.61. The van der Waals surface area contributed by atoms with E-state index in [-0.39, 0.29) is 17.2 Å². The Labute approximate surface area is 93.6 Å². The van der Waals surface area contributed by atoms with Gasteiger partial charge in [-0.05, 0) is 30.5 Å². The van der Waals surface area contributed by atoms with Gasteiger partial charge in [0, 0.05) is 22.9 Å². The molecule has 1 aromatic carbocycles. The average molecular weight is 222 g/mol. The molecule has 2 nitrogen and oxygen atoms in total. The molecule has 0 unspecified atom stereocenters. The first kappa shape index (κ1) is 9.22. The molecule has 78 valence electrons. The second kappa shape index (κ2) is 2.99. The van der Waals surface area contributed by atoms with E-state index >= 15 is 0 Å². The molecule has 1 amide bonds. The van der Waals surface area contributed by atoms with E-state index in [0.717, 1.165) is 24.4 Å². The Morgan fingerprint density at radius 3 is 2.47 bits per heavy atom. The van der Waals surface area contributed by atoms with Crippen LogP contribution in [-0.4, -0.2) is 12.5 Å². The van der Waals surface area contributed by atoms with Gasteiger partial charge in [0.25, 0.3) is 0 Å². The summed E-state index contributed by atoms with van der Waals surface area (Å²) in [4.78, 5) is 11.3. The number of hydrogen-bond acceptors (Lipinski definition) is 1. The molecule has 3 heteroatoms. The number of fused-ring (bicyclic) bond motifs is 2. The zero-order chi connectivity index (χ0) is 10.5. The van der Waals surface area contributed by atoms with E-state index in [9.17, 15) is 4.79 Å². The molecule has 0 spiro atoms. The molecule has 1 N–H and O–H groups in total. The summed E-state index contributed by atoms with van der Waals surface area (Å²) >= 11 is 5.86. The van der Waals surface area contributed by atoms with Gasteiger partial charge in [-0.15, -0.1) is 0 Å². The fourth-order valence-corrected chi connectivity index (χ4v) is 2.88. The number of carbonyl (C=O) groups excluding carboxylic acids is 1. The summed E-state index contributed by atoms with van der Waals surface area (Å²) in [5.41, 5.74) is 1.51. The summed E-state index contributed by atoms with van der Waals surface area (Å²) < 4.78 is 0. The molecule has 0 atom stereocenters. The fraction of sp³-hybridized carbons (Fsp3) is 0.417. The van der Waals surface area contributed by atoms with E-state index < -0.39 is 0 Å². The third kappa shape index (κ3) is 1.28. The number of hydrogen-bond donors (Lipinski definition) is 1. The van der Waals surface area contributed by atoms with E-state index in [1.807, 2.05) is 12.1 Å². The monoisotopic (exact) mass is 221 g/mol. The minimum absolute atomic E-state index is 0.198. The van der Waals surface area contributed by atoms with Crippen LogP contribution in [0, 0.1) is 5.92 Å². The van der Waals surface area contributed by atoms with Crippen LogP contribution >= 0.6 is 11.6 Å². The number of halogens is 1. The van der Waals surface area contributed by atoms with Crippen molar-refractivity contribution in [1.29, 1.82) is 0 Å². The lowest BCUT2D eigenvalue weighted by atomic mass is 9.56. The Morgan fingerprint density at radius 1 is 1.27 bits per heavy atom. The van der Waals surface area contributed by atoms with Gasteiger partial charge in [0.15, 0.2) is 0 Å². The van der Waals surface area contributed by atoms with E-state index in [2.05, 4.69) is 17.4 Å². The van der Waals surface area contributed by atoms with Crippen LogP contribution in [0.15, 0.2) is 24.3 Å². The summed E-state index contributed by atoms with van der Waals surface area (Å²) in [5, 5.41) is 3.73. The Hall–Kier alpha value is -1.02. The second-order valence-electron chi connectivity index (χ2n) is 4.61. The zero-order valence-electron chi connectivity index (χ0n) is 8.29. The van der Waals surface area contributed by atoms with Gasteiger partial charge < -0.3 is 5.32 Å². The van der Waals surface area contributed by atoms with Gasteiger partial charge in [0.05, 0.1) is 0 Å². The number of rotatable bonds is 1. The molecule has 2 bridgehead atoms. The van der Waals surface area contributed by atoms with Gasteiger partial charge in [-0.25, -0.2) is 0 Å². The Bertz CT molecular complexity index is 401. The molecule has 1 aromatic rings. The van der Waals surface area contributed by atoms with Crippen molar-refractivity contribution in [1.82, 2.24) is 5.32 Å². The third-order valence-electron chi connectivity index (χ3n) is 3.70. The SMILES string of the molecule is O=C1NCC2(c3ccc(Cl)cc3)CC1C2. The van der Waals surface area contributed by atoms with Gasteiger partial charge in [-0.3, -0.25) is 4.79 Å². The number of carbonyl (C=O) groups is 1. The van der Waals surface area contributed by atoms with Crippen LogP contribution in [0.25, 0.3) is 0 Å². The topological polar surface area (TPSA) is 29.1 Å². The van der Waals surface area contributed by atoms with Crippen LogP contribution < -0.4 is 5.32 Å². The van der Waals surface area contributed by atoms with Crippen LogP contribution in [0.4, 0.5) is 0 Å². The molecule has 15 heavy (non-hydrogen) atoms. The highest BCUT2D eigenvalue weighted by Gasteiger charge is 2.52. The predicted molar refractivity (Wildman–Crippen MR) is 58.9 cm³/mol. The van der Waals surface area contributed by atoms with Crippen molar-refractivity contribution < 1.29 is 4.79 Å². The Morgan fingerprint density at radius 2 is 1.93 bits per heavy atom. The van der Waals surface area contributed by atoms with Crippen LogP contribution in [0.3, 0.4) is 0 Å². The number of piperidine rings is 2. The van der Waals surface area contributed by atoms with Gasteiger partial charge in [-0.1, -0.05) is 23.7 Å². The minimum atomic E-state index is 0.198. The molecule has 1 saturated carbocycles. The summed E-state index contributed by atoms with van der Waals surface area (Å²) in [5.74, 6) is 0.472. The maximum Gasteiger partial charge on any atom is 0.223 e. The molecule has 4 rings (SSSR count). The first-order chi connectivity index (χ1) is 7.20. The van der Waals surface area contributed by atoms with Crippen molar-refractivity contribution in [3.8, 4) is 0 Å². The van der Waals surface area contributed by atoms with Gasteiger partial charge in [-0.2, -0.15) is 0 Å². The van der Waals surface area contributed by atoms with Crippen molar-refractivity contribution in [2.24, 2.45) is 5.92 Å². The normalized spacial score (nSPS) is 33.1. The molecule has 2 saturated heterocycles. The van der Waals surface area contributed by atoms with E-state index in [1.165, 1.54) is 5.56 Å². The van der Waals surface area contributed by atoms with Gasteiger partial charge >= 0.3 is 0 Å². The fourth-order valence-electron chi connectivity index (χ4n) is 2.76. The van der Waals surface area contributed by atoms with Crippen molar-refractivity contribution in [3.05, 3.63) is 34.9 Å². The largest absolute Gasteiger partial charge is 0.355 e. The Balaban J connectivity index is 1.90. The minimum Gasteiger partial charge on any atom is -0.355 e. The van der Waals surface area contributed by atoms with Crippen molar-refractivity contribution in [2.45, 2.75) is 18.3 Å². The molecule has 3 fully saturated rings. The average Bonchev–Trinajstić information content (AvgIpc) is 2.18. The van der Waals surface area contributed by atoms with E-state index in [1.54, 1.807) is 0 Å². The highest BCUT2D eigenvalue weighted by Crippen LogP contribution is 2.50. The molecule has 3 aliphatic rings. The molecule has 2 heterocycles. The van der Waals surface area contributed by atoms with Crippen LogP contribution in [-0.2, 0) is 10.2 Å². The third-order valence-corrected chi connectivity index (χ3v) is 3.95. The first-order valence-electron chi connectivity index (χ1n) is 5.23. The van der Waals surface area contributed by atoms with Gasteiger partial charge in [0.1, 0.15) is 0 Å². The lowest BCUT2D eigenvalue weighted by molar-refractivity contribution is -0.135. The van der Waals surface area contributed by atoms with Crippen molar-refractivity contribution >= 4 is 17.5 Å². The molecule has 2 aliphatic heterocycles. The summed E-state index contributed by atoms with van der Waals surface area (Å²) in [6.45, 7) is 0.782. The lowest BCUT2D eigenvalue weighted by Crippen LogP contribution is -2.60. The number of benzene rings is 1.